The molecule has 0 radical (unpaired) electrons. The second-order valence-corrected chi connectivity index (χ2v) is 9.51. The quantitative estimate of drug-likeness (QED) is 0.442. The van der Waals surface area contributed by atoms with E-state index in [4.69, 9.17) is 20.8 Å². The highest BCUT2D eigenvalue weighted by molar-refractivity contribution is 8.00. The number of thioether (sulfide) groups is 1. The van der Waals surface area contributed by atoms with E-state index in [1.165, 1.54) is 16.7 Å². The predicted octanol–water partition coefficient (Wildman–Crippen LogP) is 5.23. The highest BCUT2D eigenvalue weighted by Gasteiger charge is 2.33. The van der Waals surface area contributed by atoms with Crippen LogP contribution in [0.4, 0.5) is 0 Å². The summed E-state index contributed by atoms with van der Waals surface area (Å²) in [6.45, 7) is 4.49. The second-order valence-electron chi connectivity index (χ2n) is 7.92. The molecule has 172 valence electrons. The van der Waals surface area contributed by atoms with Crippen LogP contribution in [0.3, 0.4) is 0 Å². The number of ether oxygens (including phenoxy) is 1. The Labute approximate surface area is 201 Å². The number of aromatic nitrogens is 2. The van der Waals surface area contributed by atoms with Crippen LogP contribution < -0.4 is 4.74 Å². The minimum absolute atomic E-state index is 0.137. The number of halogens is 1. The van der Waals surface area contributed by atoms with Crippen LogP contribution in [0.5, 0.6) is 5.75 Å². The lowest BCUT2D eigenvalue weighted by atomic mass is 10.1. The molecule has 1 aliphatic rings. The molecule has 0 aliphatic carbocycles. The van der Waals surface area contributed by atoms with Crippen LogP contribution in [0.1, 0.15) is 46.6 Å². The Hall–Kier alpha value is -2.84. The van der Waals surface area contributed by atoms with Crippen molar-refractivity contribution in [3.63, 3.8) is 0 Å². The molecule has 7 nitrogen and oxygen atoms in total. The largest absolute Gasteiger partial charge is 0.484 e. The average Bonchev–Trinajstić information content (AvgIpc) is 3.17. The first kappa shape index (κ1) is 23.3. The molecule has 4 rings (SSSR count). The fourth-order valence-corrected chi connectivity index (χ4v) is 4.65. The number of likely N-dealkylation sites (tertiary alicyclic amines) is 1. The van der Waals surface area contributed by atoms with Crippen molar-refractivity contribution in [3.05, 3.63) is 70.1 Å². The summed E-state index contributed by atoms with van der Waals surface area (Å²) in [6.07, 6.45) is 2.20. The van der Waals surface area contributed by atoms with Gasteiger partial charge in [-0.2, -0.15) is 0 Å². The Bertz CT molecular complexity index is 1150. The SMILES string of the molecule is Cc1ccc(C)c(OCc2nnc(SC3CCCCN(C(=O)c4ccc(Cl)cc4)C3=O)o2)c1. The van der Waals surface area contributed by atoms with Gasteiger partial charge < -0.3 is 9.15 Å². The van der Waals surface area contributed by atoms with Gasteiger partial charge in [0.15, 0.2) is 6.61 Å². The number of rotatable bonds is 6. The number of amides is 2. The van der Waals surface area contributed by atoms with Gasteiger partial charge in [0.25, 0.3) is 17.0 Å². The van der Waals surface area contributed by atoms with E-state index in [2.05, 4.69) is 10.2 Å². The van der Waals surface area contributed by atoms with E-state index in [0.717, 1.165) is 29.7 Å². The summed E-state index contributed by atoms with van der Waals surface area (Å²) in [7, 11) is 0. The highest BCUT2D eigenvalue weighted by Crippen LogP contribution is 2.30. The van der Waals surface area contributed by atoms with Gasteiger partial charge in [-0.05, 0) is 68.1 Å². The normalized spacial score (nSPS) is 16.5. The van der Waals surface area contributed by atoms with E-state index in [1.807, 2.05) is 32.0 Å². The van der Waals surface area contributed by atoms with Crippen LogP contribution in [-0.2, 0) is 11.4 Å². The molecule has 33 heavy (non-hydrogen) atoms. The first-order valence-electron chi connectivity index (χ1n) is 10.7. The number of hydrogen-bond acceptors (Lipinski definition) is 7. The Balaban J connectivity index is 1.41. The lowest BCUT2D eigenvalue weighted by Crippen LogP contribution is -2.41. The molecule has 2 aromatic carbocycles. The van der Waals surface area contributed by atoms with Crippen LogP contribution >= 0.6 is 23.4 Å². The van der Waals surface area contributed by atoms with Gasteiger partial charge in [0.05, 0.1) is 5.25 Å². The van der Waals surface area contributed by atoms with Crippen LogP contribution in [0.25, 0.3) is 0 Å². The van der Waals surface area contributed by atoms with Gasteiger partial charge >= 0.3 is 0 Å². The molecule has 1 fully saturated rings. The minimum Gasteiger partial charge on any atom is -0.484 e. The van der Waals surface area contributed by atoms with Gasteiger partial charge in [-0.3, -0.25) is 14.5 Å². The molecular formula is C24H24ClN3O4S. The molecule has 1 saturated heterocycles. The molecule has 0 saturated carbocycles. The van der Waals surface area contributed by atoms with E-state index in [1.54, 1.807) is 24.3 Å². The molecule has 1 unspecified atom stereocenters. The van der Waals surface area contributed by atoms with Crippen molar-refractivity contribution >= 4 is 35.2 Å². The summed E-state index contributed by atoms with van der Waals surface area (Å²) >= 11 is 7.11. The van der Waals surface area contributed by atoms with Crippen molar-refractivity contribution < 1.29 is 18.7 Å². The van der Waals surface area contributed by atoms with E-state index in [-0.39, 0.29) is 23.6 Å². The lowest BCUT2D eigenvalue weighted by molar-refractivity contribution is -0.127. The maximum Gasteiger partial charge on any atom is 0.277 e. The number of hydrogen-bond donors (Lipinski definition) is 0. The molecule has 0 bridgehead atoms. The van der Waals surface area contributed by atoms with Crippen LogP contribution in [0.2, 0.25) is 5.02 Å². The van der Waals surface area contributed by atoms with Gasteiger partial charge in [-0.15, -0.1) is 10.2 Å². The van der Waals surface area contributed by atoms with Crippen molar-refractivity contribution in [1.29, 1.82) is 0 Å². The third kappa shape index (κ3) is 5.75. The summed E-state index contributed by atoms with van der Waals surface area (Å²) in [5.74, 6) is 0.521. The summed E-state index contributed by atoms with van der Waals surface area (Å²) < 4.78 is 11.5. The number of carbonyl (C=O) groups excluding carboxylic acids is 2. The molecule has 2 heterocycles. The predicted molar refractivity (Wildman–Crippen MR) is 126 cm³/mol. The number of aryl methyl sites for hydroxylation is 2. The second kappa shape index (κ2) is 10.4. The molecule has 0 spiro atoms. The van der Waals surface area contributed by atoms with Gasteiger partial charge in [-0.25, -0.2) is 0 Å². The highest BCUT2D eigenvalue weighted by atomic mass is 35.5. The van der Waals surface area contributed by atoms with Crippen LogP contribution in [0.15, 0.2) is 52.1 Å². The zero-order chi connectivity index (χ0) is 23.4. The third-order valence-electron chi connectivity index (χ3n) is 5.36. The van der Waals surface area contributed by atoms with Crippen molar-refractivity contribution in [2.24, 2.45) is 0 Å². The third-order valence-corrected chi connectivity index (χ3v) is 6.70. The van der Waals surface area contributed by atoms with Gasteiger partial charge in [0.2, 0.25) is 5.91 Å². The summed E-state index contributed by atoms with van der Waals surface area (Å²) in [4.78, 5) is 27.4. The first-order chi connectivity index (χ1) is 15.9. The molecule has 2 amide bonds. The van der Waals surface area contributed by atoms with Gasteiger partial charge in [0.1, 0.15) is 5.75 Å². The van der Waals surface area contributed by atoms with E-state index < -0.39 is 5.25 Å². The first-order valence-corrected chi connectivity index (χ1v) is 12.0. The van der Waals surface area contributed by atoms with Gasteiger partial charge in [-0.1, -0.05) is 41.9 Å². The van der Waals surface area contributed by atoms with Crippen LogP contribution in [0, 0.1) is 13.8 Å². The molecular weight excluding hydrogens is 462 g/mol. The molecule has 9 heteroatoms. The van der Waals surface area contributed by atoms with Crippen molar-refractivity contribution in [2.75, 3.05) is 6.54 Å². The molecule has 1 atom stereocenters. The Kier molecular flexibility index (Phi) is 7.35. The fraction of sp³-hybridized carbons (Fsp3) is 0.333. The van der Waals surface area contributed by atoms with E-state index in [9.17, 15) is 9.59 Å². The molecule has 3 aromatic rings. The van der Waals surface area contributed by atoms with Crippen molar-refractivity contribution in [2.45, 2.75) is 50.2 Å². The topological polar surface area (TPSA) is 85.5 Å². The maximum atomic E-state index is 13.2. The van der Waals surface area contributed by atoms with E-state index in [0.29, 0.717) is 29.4 Å². The fourth-order valence-electron chi connectivity index (χ4n) is 3.53. The summed E-state index contributed by atoms with van der Waals surface area (Å²) in [6, 6.07) is 12.5. The number of benzene rings is 2. The lowest BCUT2D eigenvalue weighted by Gasteiger charge is -2.21. The van der Waals surface area contributed by atoms with Crippen molar-refractivity contribution in [1.82, 2.24) is 15.1 Å². The molecule has 1 aromatic heterocycles. The van der Waals surface area contributed by atoms with Crippen LogP contribution in [-0.4, -0.2) is 38.7 Å². The number of nitrogens with zero attached hydrogens (tertiary/aromatic N) is 3. The molecule has 0 N–H and O–H groups in total. The monoisotopic (exact) mass is 485 g/mol. The van der Waals surface area contributed by atoms with Gasteiger partial charge in [0, 0.05) is 17.1 Å². The zero-order valence-electron chi connectivity index (χ0n) is 18.4. The Morgan fingerprint density at radius 2 is 1.97 bits per heavy atom. The number of imide groups is 1. The Morgan fingerprint density at radius 1 is 1.18 bits per heavy atom. The smallest absolute Gasteiger partial charge is 0.277 e. The maximum absolute atomic E-state index is 13.2. The Morgan fingerprint density at radius 3 is 2.76 bits per heavy atom. The number of carbonyl (C=O) groups is 2. The standard InChI is InChI=1S/C24H24ClN3O4S/c1-15-6-7-16(2)19(13-15)31-14-21-26-27-24(32-21)33-20-5-3-4-12-28(23(20)30)22(29)17-8-10-18(25)11-9-17/h6-11,13,20H,3-5,12,14H2,1-2H3. The minimum atomic E-state index is -0.475. The molecule has 1 aliphatic heterocycles. The van der Waals surface area contributed by atoms with Crippen molar-refractivity contribution in [3.8, 4) is 5.75 Å². The zero-order valence-corrected chi connectivity index (χ0v) is 20.0. The van der Waals surface area contributed by atoms with E-state index >= 15 is 0 Å². The summed E-state index contributed by atoms with van der Waals surface area (Å²) in [5, 5.41) is 8.45. The summed E-state index contributed by atoms with van der Waals surface area (Å²) in [5.41, 5.74) is 2.55. The average molecular weight is 486 g/mol.